The molecule has 2 heteroatoms. The quantitative estimate of drug-likeness (QED) is 0.295. The molecule has 0 amide bonds. The molecule has 0 saturated heterocycles. The molecule has 2 rings (SSSR count). The van der Waals surface area contributed by atoms with Gasteiger partial charge in [-0.25, -0.2) is 0 Å². The Balaban J connectivity index is 1.86. The molecule has 2 aromatic carbocycles. The second kappa shape index (κ2) is 12.0. The fourth-order valence-electron chi connectivity index (χ4n) is 3.19. The first kappa shape index (κ1) is 20.8. The minimum absolute atomic E-state index is 0.381. The van der Waals surface area contributed by atoms with Gasteiger partial charge in [0.1, 0.15) is 5.75 Å². The summed E-state index contributed by atoms with van der Waals surface area (Å²) in [6.07, 6.45) is 9.05. The third-order valence-electron chi connectivity index (χ3n) is 4.99. The Hall–Kier alpha value is -1.54. The van der Waals surface area contributed by atoms with Crippen LogP contribution in [0.3, 0.4) is 0 Å². The summed E-state index contributed by atoms with van der Waals surface area (Å²) in [5.74, 6) is 0.983. The summed E-state index contributed by atoms with van der Waals surface area (Å²) in [5, 5.41) is 1.56. The molecule has 0 N–H and O–H groups in total. The summed E-state index contributed by atoms with van der Waals surface area (Å²) >= 11 is 0. The molecule has 2 aromatic rings. The predicted molar refractivity (Wildman–Crippen MR) is 117 cm³/mol. The van der Waals surface area contributed by atoms with Crippen molar-refractivity contribution in [2.45, 2.75) is 71.4 Å². The van der Waals surface area contributed by atoms with Gasteiger partial charge in [-0.2, -0.15) is 0 Å². The first-order chi connectivity index (χ1) is 12.7. The topological polar surface area (TPSA) is 9.23 Å². The van der Waals surface area contributed by atoms with E-state index in [2.05, 4.69) is 68.9 Å². The van der Waals surface area contributed by atoms with Crippen LogP contribution in [0.1, 0.15) is 58.8 Å². The molecule has 141 valence electrons. The average Bonchev–Trinajstić information content (AvgIpc) is 2.68. The molecule has 0 aliphatic rings. The van der Waals surface area contributed by atoms with E-state index in [1.807, 2.05) is 0 Å². The highest BCUT2D eigenvalue weighted by Crippen LogP contribution is 2.22. The summed E-state index contributed by atoms with van der Waals surface area (Å²) in [5.41, 5.74) is 2.57. The zero-order chi connectivity index (χ0) is 18.6. The van der Waals surface area contributed by atoms with Gasteiger partial charge in [0.2, 0.25) is 0 Å². The number of benzene rings is 2. The predicted octanol–water partition coefficient (Wildman–Crippen LogP) is 6.83. The number of unbranched alkanes of at least 4 members (excludes halogenated alkanes) is 5. The first-order valence-corrected chi connectivity index (χ1v) is 12.6. The fraction of sp³-hybridized carbons (Fsp3) is 0.500. The van der Waals surface area contributed by atoms with Crippen LogP contribution in [-0.2, 0) is 0 Å². The maximum absolute atomic E-state index is 5.84. The van der Waals surface area contributed by atoms with Crippen molar-refractivity contribution in [3.63, 3.8) is 0 Å². The summed E-state index contributed by atoms with van der Waals surface area (Å²) in [7, 11) is -0.381. The zero-order valence-corrected chi connectivity index (χ0v) is 17.9. The van der Waals surface area contributed by atoms with Gasteiger partial charge in [0, 0.05) is 0 Å². The van der Waals surface area contributed by atoms with Crippen molar-refractivity contribution in [3.8, 4) is 16.9 Å². The molecule has 0 bridgehead atoms. The Morgan fingerprint density at radius 3 is 1.88 bits per heavy atom. The number of hydrogen-bond donors (Lipinski definition) is 0. The third-order valence-corrected chi connectivity index (χ3v) is 7.41. The monoisotopic (exact) mass is 367 g/mol. The molecule has 0 aliphatic heterocycles. The second-order valence-corrected chi connectivity index (χ2v) is 9.89. The van der Waals surface area contributed by atoms with Crippen molar-refractivity contribution in [1.82, 2.24) is 0 Å². The van der Waals surface area contributed by atoms with Gasteiger partial charge < -0.3 is 4.74 Å². The van der Waals surface area contributed by atoms with E-state index in [0.29, 0.717) is 0 Å². The molecule has 0 fully saturated rings. The molecule has 0 aromatic heterocycles. The van der Waals surface area contributed by atoms with Gasteiger partial charge in [-0.1, -0.05) is 107 Å². The van der Waals surface area contributed by atoms with E-state index in [-0.39, 0.29) is 8.80 Å². The van der Waals surface area contributed by atoms with Gasteiger partial charge in [-0.15, -0.1) is 0 Å². The van der Waals surface area contributed by atoms with Gasteiger partial charge in [-0.05, 0) is 29.7 Å². The lowest BCUT2D eigenvalue weighted by Crippen LogP contribution is -2.25. The van der Waals surface area contributed by atoms with E-state index in [4.69, 9.17) is 4.74 Å². The van der Waals surface area contributed by atoms with Crippen LogP contribution in [0.2, 0.25) is 12.6 Å². The molecule has 0 atom stereocenters. The van der Waals surface area contributed by atoms with E-state index < -0.39 is 0 Å². The van der Waals surface area contributed by atoms with Gasteiger partial charge in [0.15, 0.2) is 0 Å². The Bertz CT molecular complexity index is 603. The van der Waals surface area contributed by atoms with E-state index in [9.17, 15) is 0 Å². The minimum atomic E-state index is -0.381. The Morgan fingerprint density at radius 2 is 1.27 bits per heavy atom. The summed E-state index contributed by atoms with van der Waals surface area (Å²) in [6, 6.07) is 19.2. The van der Waals surface area contributed by atoms with E-state index in [0.717, 1.165) is 18.8 Å². The molecule has 0 unspecified atom stereocenters. The van der Waals surface area contributed by atoms with Crippen LogP contribution < -0.4 is 9.92 Å². The highest BCUT2D eigenvalue weighted by atomic mass is 28.3. The molecule has 1 nitrogen and oxygen atoms in total. The van der Waals surface area contributed by atoms with Gasteiger partial charge in [0.25, 0.3) is 0 Å². The summed E-state index contributed by atoms with van der Waals surface area (Å²) in [4.78, 5) is 0. The highest BCUT2D eigenvalue weighted by Gasteiger charge is 2.08. The van der Waals surface area contributed by atoms with Crippen LogP contribution in [0, 0.1) is 0 Å². The van der Waals surface area contributed by atoms with E-state index >= 15 is 0 Å². The largest absolute Gasteiger partial charge is 0.494 e. The Kier molecular flexibility index (Phi) is 9.55. The van der Waals surface area contributed by atoms with Crippen LogP contribution in [0.25, 0.3) is 11.1 Å². The lowest BCUT2D eigenvalue weighted by Gasteiger charge is -2.11. The molecule has 26 heavy (non-hydrogen) atoms. The molecular formula is C24H35OSi. The molecule has 0 heterocycles. The average molecular weight is 368 g/mol. The number of ether oxygens (including phenoxy) is 1. The van der Waals surface area contributed by atoms with Crippen molar-refractivity contribution in [3.05, 3.63) is 48.5 Å². The van der Waals surface area contributed by atoms with Crippen molar-refractivity contribution in [2.24, 2.45) is 0 Å². The van der Waals surface area contributed by atoms with Crippen LogP contribution in [0.15, 0.2) is 48.5 Å². The van der Waals surface area contributed by atoms with E-state index in [1.165, 1.54) is 55.7 Å². The van der Waals surface area contributed by atoms with Crippen molar-refractivity contribution in [2.75, 3.05) is 6.61 Å². The van der Waals surface area contributed by atoms with Gasteiger partial charge in [0.05, 0.1) is 15.4 Å². The molecule has 1 radical (unpaired) electrons. The standard InChI is InChI=1S/C24H35OSi/c1-4-6-8-9-19-25-23-15-11-21(12-16-23)22-13-17-24(18-14-22)26(3)20-10-7-5-2/h11-18H,4-10,19-20H2,1-3H3. The van der Waals surface area contributed by atoms with Crippen LogP contribution >= 0.6 is 0 Å². The van der Waals surface area contributed by atoms with Crippen LogP contribution in [0.4, 0.5) is 0 Å². The lowest BCUT2D eigenvalue weighted by atomic mass is 10.1. The highest BCUT2D eigenvalue weighted by molar-refractivity contribution is 6.72. The van der Waals surface area contributed by atoms with Crippen LogP contribution in [0.5, 0.6) is 5.75 Å². The fourth-order valence-corrected chi connectivity index (χ4v) is 5.00. The normalized spacial score (nSPS) is 11.1. The molecule has 0 spiro atoms. The minimum Gasteiger partial charge on any atom is -0.494 e. The lowest BCUT2D eigenvalue weighted by molar-refractivity contribution is 0.305. The third kappa shape index (κ3) is 6.99. The summed E-state index contributed by atoms with van der Waals surface area (Å²) in [6.45, 7) is 7.79. The molecule has 0 saturated carbocycles. The number of hydrogen-bond acceptors (Lipinski definition) is 1. The van der Waals surface area contributed by atoms with Crippen molar-refractivity contribution >= 4 is 14.0 Å². The van der Waals surface area contributed by atoms with Crippen molar-refractivity contribution in [1.29, 1.82) is 0 Å². The van der Waals surface area contributed by atoms with Crippen LogP contribution in [-0.4, -0.2) is 15.4 Å². The Morgan fingerprint density at radius 1 is 0.692 bits per heavy atom. The smallest absolute Gasteiger partial charge is 0.119 e. The summed E-state index contributed by atoms with van der Waals surface area (Å²) < 4.78 is 5.84. The molecular weight excluding hydrogens is 332 g/mol. The first-order valence-electron chi connectivity index (χ1n) is 10.4. The maximum Gasteiger partial charge on any atom is 0.119 e. The van der Waals surface area contributed by atoms with Gasteiger partial charge >= 0.3 is 0 Å². The SMILES string of the molecule is CCCCCCOc1ccc(-c2ccc([Si](C)CCCCC)cc2)cc1. The van der Waals surface area contributed by atoms with Crippen molar-refractivity contribution < 1.29 is 4.74 Å². The zero-order valence-electron chi connectivity index (χ0n) is 16.9. The van der Waals surface area contributed by atoms with Gasteiger partial charge in [-0.3, -0.25) is 0 Å². The number of rotatable bonds is 12. The maximum atomic E-state index is 5.84. The molecule has 0 aliphatic carbocycles. The van der Waals surface area contributed by atoms with E-state index in [1.54, 1.807) is 5.19 Å². The second-order valence-electron chi connectivity index (χ2n) is 7.25. The Labute approximate surface area is 162 Å².